The quantitative estimate of drug-likeness (QED) is 0.559. The number of rotatable bonds is 2. The zero-order valence-electron chi connectivity index (χ0n) is 18.9. The predicted molar refractivity (Wildman–Crippen MR) is 116 cm³/mol. The number of likely N-dealkylation sites (N-methyl/N-ethyl adjacent to an activating group) is 1. The smallest absolute Gasteiger partial charge is 0.239 e. The minimum absolute atomic E-state index is 0.0252. The third-order valence-corrected chi connectivity index (χ3v) is 7.30. The minimum atomic E-state index is -0.521. The topological polar surface area (TPSA) is 111 Å². The fourth-order valence-corrected chi connectivity index (χ4v) is 5.31. The van der Waals surface area contributed by atoms with Gasteiger partial charge >= 0.3 is 0 Å². The molecule has 3 aliphatic rings. The zero-order chi connectivity index (χ0) is 22.4. The summed E-state index contributed by atoms with van der Waals surface area (Å²) in [6, 6.07) is 0.0508. The number of fused-ring (bicyclic) bond motifs is 1. The number of amides is 4. The first kappa shape index (κ1) is 23.5. The Labute approximate surface area is 184 Å². The lowest BCUT2D eigenvalue weighted by Crippen LogP contribution is -2.55. The van der Waals surface area contributed by atoms with Gasteiger partial charge < -0.3 is 25.8 Å². The van der Waals surface area contributed by atoms with Crippen LogP contribution in [0.3, 0.4) is 0 Å². The Kier molecular flexibility index (Phi) is 7.91. The molecule has 0 unspecified atom stereocenters. The molecular formula is C22H37N5O4. The van der Waals surface area contributed by atoms with Crippen molar-refractivity contribution in [2.24, 2.45) is 11.3 Å². The molecule has 4 amide bonds. The third-order valence-electron chi connectivity index (χ3n) is 7.30. The molecule has 2 atom stereocenters. The SMILES string of the molecule is CNCC(=O)N1CCC2(CCCC[C@H]3CN(C(C)=O)CC[C@H]3NC(=O)CNC2=O)CC1. The number of hydrogen-bond donors (Lipinski definition) is 3. The number of hydrogen-bond acceptors (Lipinski definition) is 5. The first-order chi connectivity index (χ1) is 14.8. The average molecular weight is 436 g/mol. The maximum absolute atomic E-state index is 13.1. The molecule has 31 heavy (non-hydrogen) atoms. The van der Waals surface area contributed by atoms with Crippen LogP contribution in [0.2, 0.25) is 0 Å². The van der Waals surface area contributed by atoms with E-state index in [0.29, 0.717) is 45.6 Å². The van der Waals surface area contributed by atoms with Gasteiger partial charge in [0.25, 0.3) is 0 Å². The summed E-state index contributed by atoms with van der Waals surface area (Å²) >= 11 is 0. The largest absolute Gasteiger partial charge is 0.351 e. The van der Waals surface area contributed by atoms with Gasteiger partial charge in [-0.1, -0.05) is 12.8 Å². The molecule has 0 aromatic heterocycles. The molecule has 0 bridgehead atoms. The maximum atomic E-state index is 13.1. The van der Waals surface area contributed by atoms with E-state index in [4.69, 9.17) is 0 Å². The molecule has 9 nitrogen and oxygen atoms in total. The molecule has 3 fully saturated rings. The van der Waals surface area contributed by atoms with E-state index in [0.717, 1.165) is 32.1 Å². The number of likely N-dealkylation sites (tertiary alicyclic amines) is 2. The van der Waals surface area contributed by atoms with Crippen LogP contribution in [0.5, 0.6) is 0 Å². The second-order valence-corrected chi connectivity index (χ2v) is 9.31. The molecule has 3 rings (SSSR count). The van der Waals surface area contributed by atoms with Crippen molar-refractivity contribution in [3.8, 4) is 0 Å². The lowest BCUT2D eigenvalue weighted by molar-refractivity contribution is -0.141. The summed E-state index contributed by atoms with van der Waals surface area (Å²) in [6.45, 7) is 4.36. The highest BCUT2D eigenvalue weighted by atomic mass is 16.2. The fraction of sp³-hybridized carbons (Fsp3) is 0.818. The molecular weight excluding hydrogens is 398 g/mol. The molecule has 3 saturated heterocycles. The van der Waals surface area contributed by atoms with Crippen molar-refractivity contribution in [3.63, 3.8) is 0 Å². The summed E-state index contributed by atoms with van der Waals surface area (Å²) in [5, 5.41) is 8.85. The number of carbonyl (C=O) groups is 4. The van der Waals surface area contributed by atoms with E-state index in [1.54, 1.807) is 14.0 Å². The number of nitrogens with one attached hydrogen (secondary N) is 3. The van der Waals surface area contributed by atoms with Gasteiger partial charge in [-0.05, 0) is 45.1 Å². The Bertz CT molecular complexity index is 689. The van der Waals surface area contributed by atoms with E-state index in [1.165, 1.54) is 0 Å². The average Bonchev–Trinajstić information content (AvgIpc) is 2.75. The number of carbonyl (C=O) groups excluding carboxylic acids is 4. The molecule has 3 heterocycles. The molecule has 0 aliphatic carbocycles. The van der Waals surface area contributed by atoms with Crippen molar-refractivity contribution in [2.75, 3.05) is 46.3 Å². The van der Waals surface area contributed by atoms with E-state index in [-0.39, 0.29) is 42.1 Å². The molecule has 3 aliphatic heterocycles. The second kappa shape index (κ2) is 10.4. The summed E-state index contributed by atoms with van der Waals surface area (Å²) in [7, 11) is 1.75. The lowest BCUT2D eigenvalue weighted by atomic mass is 9.73. The maximum Gasteiger partial charge on any atom is 0.239 e. The van der Waals surface area contributed by atoms with Crippen LogP contribution in [0.15, 0.2) is 0 Å². The zero-order valence-corrected chi connectivity index (χ0v) is 18.9. The molecule has 3 N–H and O–H groups in total. The first-order valence-electron chi connectivity index (χ1n) is 11.6. The van der Waals surface area contributed by atoms with Crippen molar-refractivity contribution < 1.29 is 19.2 Å². The summed E-state index contributed by atoms with van der Waals surface area (Å²) in [4.78, 5) is 53.4. The van der Waals surface area contributed by atoms with Crippen molar-refractivity contribution in [2.45, 2.75) is 57.9 Å². The number of piperidine rings is 2. The minimum Gasteiger partial charge on any atom is -0.351 e. The Morgan fingerprint density at radius 2 is 1.81 bits per heavy atom. The summed E-state index contributed by atoms with van der Waals surface area (Å²) < 4.78 is 0. The van der Waals surface area contributed by atoms with Crippen molar-refractivity contribution in [1.82, 2.24) is 25.8 Å². The van der Waals surface area contributed by atoms with Crippen LogP contribution >= 0.6 is 0 Å². The Morgan fingerprint density at radius 3 is 2.48 bits per heavy atom. The highest BCUT2D eigenvalue weighted by Gasteiger charge is 2.42. The predicted octanol–water partition coefficient (Wildman–Crippen LogP) is -0.142. The summed E-state index contributed by atoms with van der Waals surface area (Å²) in [6.07, 6.45) is 5.58. The van der Waals surface area contributed by atoms with E-state index >= 15 is 0 Å². The lowest BCUT2D eigenvalue weighted by Gasteiger charge is -2.42. The third kappa shape index (κ3) is 5.75. The molecule has 0 aromatic carbocycles. The molecule has 0 radical (unpaired) electrons. The van der Waals surface area contributed by atoms with Crippen molar-refractivity contribution in [1.29, 1.82) is 0 Å². The molecule has 0 saturated carbocycles. The van der Waals surface area contributed by atoms with Gasteiger partial charge in [0.1, 0.15) is 0 Å². The molecule has 174 valence electrons. The summed E-state index contributed by atoms with van der Waals surface area (Å²) in [5.41, 5.74) is -0.521. The first-order valence-corrected chi connectivity index (χ1v) is 11.6. The Morgan fingerprint density at radius 1 is 1.06 bits per heavy atom. The molecule has 9 heteroatoms. The Hall–Kier alpha value is -2.16. The van der Waals surface area contributed by atoms with E-state index < -0.39 is 5.41 Å². The van der Waals surface area contributed by atoms with Gasteiger partial charge in [-0.3, -0.25) is 19.2 Å². The van der Waals surface area contributed by atoms with Crippen molar-refractivity contribution in [3.05, 3.63) is 0 Å². The van der Waals surface area contributed by atoms with Gasteiger partial charge in [-0.25, -0.2) is 0 Å². The highest BCUT2D eigenvalue weighted by Crippen LogP contribution is 2.38. The van der Waals surface area contributed by atoms with Crippen LogP contribution in [-0.4, -0.2) is 85.8 Å². The summed E-state index contributed by atoms with van der Waals surface area (Å²) in [5.74, 6) is 0.155. The van der Waals surface area contributed by atoms with Crippen LogP contribution in [0.25, 0.3) is 0 Å². The van der Waals surface area contributed by atoms with Crippen LogP contribution in [0, 0.1) is 11.3 Å². The fourth-order valence-electron chi connectivity index (χ4n) is 5.31. The van der Waals surface area contributed by atoms with Crippen LogP contribution in [0.4, 0.5) is 0 Å². The second-order valence-electron chi connectivity index (χ2n) is 9.31. The normalized spacial score (nSPS) is 27.4. The van der Waals surface area contributed by atoms with E-state index in [1.807, 2.05) is 9.80 Å². The van der Waals surface area contributed by atoms with Crippen LogP contribution < -0.4 is 16.0 Å². The van der Waals surface area contributed by atoms with Crippen LogP contribution in [0.1, 0.15) is 51.9 Å². The van der Waals surface area contributed by atoms with E-state index in [9.17, 15) is 19.2 Å². The molecule has 0 aromatic rings. The highest BCUT2D eigenvalue weighted by molar-refractivity contribution is 5.88. The monoisotopic (exact) mass is 435 g/mol. The number of nitrogens with zero attached hydrogens (tertiary/aromatic N) is 2. The van der Waals surface area contributed by atoms with Gasteiger partial charge in [0, 0.05) is 39.1 Å². The standard InChI is InChI=1S/C22H37N5O4/c1-16(28)27-10-6-18-17(15-27)5-3-4-7-22(21(31)24-13-19(29)25-18)8-11-26(12-9-22)20(30)14-23-2/h17-18,23H,3-15H2,1-2H3,(H,24,31)(H,25,29)/t17-,18+/m0/s1. The Balaban J connectivity index is 1.65. The van der Waals surface area contributed by atoms with Gasteiger partial charge in [-0.15, -0.1) is 0 Å². The van der Waals surface area contributed by atoms with Gasteiger partial charge in [0.05, 0.1) is 18.5 Å². The molecule has 1 spiro atoms. The van der Waals surface area contributed by atoms with Gasteiger partial charge in [-0.2, -0.15) is 0 Å². The van der Waals surface area contributed by atoms with Gasteiger partial charge in [0.2, 0.25) is 23.6 Å². The van der Waals surface area contributed by atoms with E-state index in [2.05, 4.69) is 16.0 Å². The van der Waals surface area contributed by atoms with Crippen molar-refractivity contribution >= 4 is 23.6 Å². The van der Waals surface area contributed by atoms with Crippen LogP contribution in [-0.2, 0) is 19.2 Å². The van der Waals surface area contributed by atoms with Gasteiger partial charge in [0.15, 0.2) is 0 Å².